The third kappa shape index (κ3) is 3.54. The van der Waals surface area contributed by atoms with Gasteiger partial charge in [0.25, 0.3) is 5.91 Å². The highest BCUT2D eigenvalue weighted by Crippen LogP contribution is 2.22. The molecule has 2 rings (SSSR count). The molecule has 1 amide bonds. The minimum atomic E-state index is -0.0963. The van der Waals surface area contributed by atoms with Gasteiger partial charge in [-0.1, -0.05) is 17.7 Å². The van der Waals surface area contributed by atoms with Gasteiger partial charge in [-0.15, -0.1) is 0 Å². The van der Waals surface area contributed by atoms with Gasteiger partial charge < -0.3 is 15.7 Å². The number of aryl methyl sites for hydroxylation is 2. The second-order valence-electron chi connectivity index (χ2n) is 5.09. The van der Waals surface area contributed by atoms with Crippen LogP contribution in [0.4, 0.5) is 5.69 Å². The second-order valence-corrected chi connectivity index (χ2v) is 5.09. The van der Waals surface area contributed by atoms with Crippen molar-refractivity contribution in [3.63, 3.8) is 0 Å². The molecule has 0 aromatic heterocycles. The van der Waals surface area contributed by atoms with E-state index >= 15 is 0 Å². The Morgan fingerprint density at radius 3 is 2.57 bits per heavy atom. The summed E-state index contributed by atoms with van der Waals surface area (Å²) in [7, 11) is 1.62. The molecule has 0 radical (unpaired) electrons. The monoisotopic (exact) mass is 284 g/mol. The van der Waals surface area contributed by atoms with E-state index in [4.69, 9.17) is 0 Å². The lowest BCUT2D eigenvalue weighted by Crippen LogP contribution is -2.17. The number of carbonyl (C=O) groups excluding carboxylic acids is 1. The maximum atomic E-state index is 11.6. The second kappa shape index (κ2) is 6.31. The molecule has 0 spiro atoms. The summed E-state index contributed by atoms with van der Waals surface area (Å²) in [5.41, 5.74) is 4.53. The van der Waals surface area contributed by atoms with Crippen molar-refractivity contribution in [2.24, 2.45) is 0 Å². The molecule has 4 nitrogen and oxygen atoms in total. The highest BCUT2D eigenvalue weighted by atomic mass is 16.3. The number of aromatic hydroxyl groups is 1. The Labute approximate surface area is 124 Å². The molecule has 3 N–H and O–H groups in total. The van der Waals surface area contributed by atoms with Crippen LogP contribution < -0.4 is 10.6 Å². The molecule has 0 aliphatic heterocycles. The van der Waals surface area contributed by atoms with Crippen LogP contribution in [0, 0.1) is 13.8 Å². The molecule has 0 unspecified atom stereocenters. The first-order valence-electron chi connectivity index (χ1n) is 6.86. The molecule has 2 aromatic carbocycles. The number of benzene rings is 2. The number of hydrogen-bond acceptors (Lipinski definition) is 3. The van der Waals surface area contributed by atoms with E-state index in [1.54, 1.807) is 19.2 Å². The Hall–Kier alpha value is -2.49. The van der Waals surface area contributed by atoms with E-state index < -0.39 is 0 Å². The van der Waals surface area contributed by atoms with Crippen molar-refractivity contribution in [2.75, 3.05) is 12.4 Å². The van der Waals surface area contributed by atoms with Crippen LogP contribution in [0.2, 0.25) is 0 Å². The number of phenolic OH excluding ortho intramolecular Hbond substituents is 1. The smallest absolute Gasteiger partial charge is 0.251 e. The first-order valence-corrected chi connectivity index (χ1v) is 6.86. The summed E-state index contributed by atoms with van der Waals surface area (Å²) in [4.78, 5) is 11.6. The van der Waals surface area contributed by atoms with Gasteiger partial charge >= 0.3 is 0 Å². The number of nitrogens with one attached hydrogen (secondary N) is 2. The summed E-state index contributed by atoms with van der Waals surface area (Å²) in [6, 6.07) is 11.0. The van der Waals surface area contributed by atoms with Crippen molar-refractivity contribution in [3.8, 4) is 5.75 Å². The topological polar surface area (TPSA) is 61.4 Å². The van der Waals surface area contributed by atoms with Crippen LogP contribution in [0.5, 0.6) is 5.75 Å². The normalized spacial score (nSPS) is 10.2. The van der Waals surface area contributed by atoms with Crippen LogP contribution in [0.25, 0.3) is 0 Å². The standard InChI is InChI=1S/C17H20N2O2/c1-11-4-7-16(20)14(8-11)10-19-15-6-5-13(9-12(15)2)17(21)18-3/h4-9,19-20H,10H2,1-3H3,(H,18,21). The fourth-order valence-electron chi connectivity index (χ4n) is 2.19. The fourth-order valence-corrected chi connectivity index (χ4v) is 2.19. The van der Waals surface area contributed by atoms with E-state index in [-0.39, 0.29) is 11.7 Å². The Bertz CT molecular complexity index is 666. The molecule has 0 saturated heterocycles. The molecule has 21 heavy (non-hydrogen) atoms. The molecular weight excluding hydrogens is 264 g/mol. The van der Waals surface area contributed by atoms with Crippen LogP contribution in [-0.4, -0.2) is 18.1 Å². The molecule has 4 heteroatoms. The molecule has 0 bridgehead atoms. The average molecular weight is 284 g/mol. The zero-order valence-corrected chi connectivity index (χ0v) is 12.5. The molecule has 0 aliphatic rings. The molecule has 0 fully saturated rings. The zero-order chi connectivity index (χ0) is 15.4. The molecular formula is C17H20N2O2. The number of anilines is 1. The highest BCUT2D eigenvalue weighted by molar-refractivity contribution is 5.94. The minimum absolute atomic E-state index is 0.0963. The van der Waals surface area contributed by atoms with Crippen molar-refractivity contribution in [2.45, 2.75) is 20.4 Å². The lowest BCUT2D eigenvalue weighted by molar-refractivity contribution is 0.0963. The lowest BCUT2D eigenvalue weighted by Gasteiger charge is -2.12. The Kier molecular flexibility index (Phi) is 4.48. The zero-order valence-electron chi connectivity index (χ0n) is 12.5. The van der Waals surface area contributed by atoms with Crippen molar-refractivity contribution in [3.05, 3.63) is 58.7 Å². The fraction of sp³-hybridized carbons (Fsp3) is 0.235. The van der Waals surface area contributed by atoms with Crippen molar-refractivity contribution >= 4 is 11.6 Å². The van der Waals surface area contributed by atoms with E-state index in [1.165, 1.54) is 0 Å². The number of carbonyl (C=O) groups is 1. The van der Waals surface area contributed by atoms with Crippen LogP contribution in [0.15, 0.2) is 36.4 Å². The van der Waals surface area contributed by atoms with Crippen LogP contribution >= 0.6 is 0 Å². The highest BCUT2D eigenvalue weighted by Gasteiger charge is 2.07. The van der Waals surface area contributed by atoms with Crippen molar-refractivity contribution in [1.82, 2.24) is 5.32 Å². The van der Waals surface area contributed by atoms with Gasteiger partial charge in [0.2, 0.25) is 0 Å². The molecule has 2 aromatic rings. The van der Waals surface area contributed by atoms with Gasteiger partial charge in [0.1, 0.15) is 5.75 Å². The number of amides is 1. The SMILES string of the molecule is CNC(=O)c1ccc(NCc2cc(C)ccc2O)c(C)c1. The lowest BCUT2D eigenvalue weighted by atomic mass is 10.1. The molecule has 0 atom stereocenters. The van der Waals surface area contributed by atoms with Crippen LogP contribution in [0.3, 0.4) is 0 Å². The van der Waals surface area contributed by atoms with Crippen LogP contribution in [-0.2, 0) is 6.54 Å². The van der Waals surface area contributed by atoms with Gasteiger partial charge in [0.15, 0.2) is 0 Å². The van der Waals surface area contributed by atoms with Crippen LogP contribution in [0.1, 0.15) is 27.0 Å². The Morgan fingerprint density at radius 2 is 1.90 bits per heavy atom. The quantitative estimate of drug-likeness (QED) is 0.809. The molecule has 0 aliphatic carbocycles. The van der Waals surface area contributed by atoms with E-state index in [0.717, 1.165) is 22.4 Å². The third-order valence-corrected chi connectivity index (χ3v) is 3.42. The summed E-state index contributed by atoms with van der Waals surface area (Å²) in [6.07, 6.45) is 0. The van der Waals surface area contributed by atoms with Crippen molar-refractivity contribution in [1.29, 1.82) is 0 Å². The van der Waals surface area contributed by atoms with E-state index in [1.807, 2.05) is 38.1 Å². The van der Waals surface area contributed by atoms with E-state index in [9.17, 15) is 9.90 Å². The molecule has 0 saturated carbocycles. The maximum absolute atomic E-state index is 11.6. The van der Waals surface area contributed by atoms with Gasteiger partial charge in [-0.2, -0.15) is 0 Å². The van der Waals surface area contributed by atoms with Gasteiger partial charge in [-0.05, 0) is 43.7 Å². The summed E-state index contributed by atoms with van der Waals surface area (Å²) < 4.78 is 0. The summed E-state index contributed by atoms with van der Waals surface area (Å²) in [5, 5.41) is 15.7. The number of rotatable bonds is 4. The minimum Gasteiger partial charge on any atom is -0.508 e. The number of phenols is 1. The first kappa shape index (κ1) is 14.9. The summed E-state index contributed by atoms with van der Waals surface area (Å²) in [5.74, 6) is 0.189. The largest absolute Gasteiger partial charge is 0.508 e. The number of hydrogen-bond donors (Lipinski definition) is 3. The summed E-state index contributed by atoms with van der Waals surface area (Å²) in [6.45, 7) is 4.48. The van der Waals surface area contributed by atoms with Crippen molar-refractivity contribution < 1.29 is 9.90 Å². The maximum Gasteiger partial charge on any atom is 0.251 e. The van der Waals surface area contributed by atoms with Gasteiger partial charge in [-0.25, -0.2) is 0 Å². The Morgan fingerprint density at radius 1 is 1.14 bits per heavy atom. The van der Waals surface area contributed by atoms with Gasteiger partial charge in [-0.3, -0.25) is 4.79 Å². The first-order chi connectivity index (χ1) is 10.0. The van der Waals surface area contributed by atoms with E-state index in [0.29, 0.717) is 12.1 Å². The average Bonchev–Trinajstić information content (AvgIpc) is 2.48. The Balaban J connectivity index is 2.13. The molecule has 110 valence electrons. The summed E-state index contributed by atoms with van der Waals surface area (Å²) >= 11 is 0. The van der Waals surface area contributed by atoms with Gasteiger partial charge in [0.05, 0.1) is 0 Å². The predicted molar refractivity (Wildman–Crippen MR) is 84.7 cm³/mol. The van der Waals surface area contributed by atoms with Gasteiger partial charge in [0, 0.05) is 30.4 Å². The van der Waals surface area contributed by atoms with E-state index in [2.05, 4.69) is 10.6 Å². The predicted octanol–water partition coefficient (Wildman–Crippen LogP) is 2.98. The third-order valence-electron chi connectivity index (χ3n) is 3.42. The molecule has 0 heterocycles.